The van der Waals surface area contributed by atoms with Crippen LogP contribution in [-0.4, -0.2) is 18.5 Å². The number of methoxy groups -OCH3 is 1. The van der Waals surface area contributed by atoms with E-state index in [0.717, 1.165) is 12.3 Å². The van der Waals surface area contributed by atoms with Crippen molar-refractivity contribution in [2.75, 3.05) is 7.11 Å². The molecule has 7 heteroatoms. The van der Waals surface area contributed by atoms with E-state index >= 15 is 0 Å². The van der Waals surface area contributed by atoms with Crippen LogP contribution in [0.1, 0.15) is 0 Å². The van der Waals surface area contributed by atoms with E-state index in [2.05, 4.69) is 14.5 Å². The normalized spacial score (nSPS) is 11.2. The van der Waals surface area contributed by atoms with Gasteiger partial charge in [0.1, 0.15) is 5.15 Å². The maximum atomic E-state index is 11.8. The third-order valence-electron chi connectivity index (χ3n) is 1.24. The topological polar surface area (TPSA) is 31.4 Å². The molecule has 0 aliphatic carbocycles. The third-order valence-corrected chi connectivity index (χ3v) is 1.45. The summed E-state index contributed by atoms with van der Waals surface area (Å²) in [6, 6.07) is 0.924. The summed E-state index contributed by atoms with van der Waals surface area (Å²) in [5, 5.41) is -0.106. The molecule has 0 radical (unpaired) electrons. The molecule has 1 aromatic heterocycles. The van der Waals surface area contributed by atoms with E-state index in [1.54, 1.807) is 0 Å². The highest BCUT2D eigenvalue weighted by molar-refractivity contribution is 6.29. The van der Waals surface area contributed by atoms with Gasteiger partial charge in [0.25, 0.3) is 0 Å². The molecular formula is C7H5ClF3NO2. The molecule has 0 unspecified atom stereocenters. The fourth-order valence-electron chi connectivity index (χ4n) is 0.758. The minimum atomic E-state index is -4.78. The minimum absolute atomic E-state index is 0.106. The Balaban J connectivity index is 2.99. The number of pyridine rings is 1. The van der Waals surface area contributed by atoms with Crippen LogP contribution in [0.25, 0.3) is 0 Å². The lowest BCUT2D eigenvalue weighted by Crippen LogP contribution is -2.17. The lowest BCUT2D eigenvalue weighted by molar-refractivity contribution is -0.275. The SMILES string of the molecule is COc1cnc(Cl)cc1OC(F)(F)F. The number of halogens is 4. The standard InChI is InChI=1S/C7H5ClF3NO2/c1-13-5-3-12-6(8)2-4(5)14-7(9,10)11/h2-3H,1H3. The zero-order valence-corrected chi connectivity index (χ0v) is 7.69. The Labute approximate surface area is 82.4 Å². The van der Waals surface area contributed by atoms with Gasteiger partial charge in [-0.05, 0) is 0 Å². The first kappa shape index (κ1) is 10.9. The van der Waals surface area contributed by atoms with Crippen LogP contribution in [-0.2, 0) is 0 Å². The molecule has 0 saturated carbocycles. The summed E-state index contributed by atoms with van der Waals surface area (Å²) >= 11 is 5.39. The molecule has 1 heterocycles. The predicted octanol–water partition coefficient (Wildman–Crippen LogP) is 2.64. The molecule has 1 aromatic rings. The second-order valence-corrected chi connectivity index (χ2v) is 2.59. The summed E-state index contributed by atoms with van der Waals surface area (Å²) in [7, 11) is 1.20. The zero-order valence-electron chi connectivity index (χ0n) is 6.93. The zero-order chi connectivity index (χ0) is 10.8. The number of hydrogen-bond acceptors (Lipinski definition) is 3. The van der Waals surface area contributed by atoms with Gasteiger partial charge in [-0.15, -0.1) is 13.2 Å². The highest BCUT2D eigenvalue weighted by Crippen LogP contribution is 2.32. The van der Waals surface area contributed by atoms with Gasteiger partial charge in [0.05, 0.1) is 13.3 Å². The first-order valence-electron chi connectivity index (χ1n) is 3.37. The lowest BCUT2D eigenvalue weighted by Gasteiger charge is -2.11. The van der Waals surface area contributed by atoms with E-state index in [1.807, 2.05) is 0 Å². The van der Waals surface area contributed by atoms with Crippen LogP contribution < -0.4 is 9.47 Å². The number of ether oxygens (including phenoxy) is 2. The number of rotatable bonds is 2. The van der Waals surface area contributed by atoms with Crippen molar-refractivity contribution in [1.29, 1.82) is 0 Å². The van der Waals surface area contributed by atoms with Crippen LogP contribution in [0.4, 0.5) is 13.2 Å². The van der Waals surface area contributed by atoms with Crippen molar-refractivity contribution >= 4 is 11.6 Å². The smallest absolute Gasteiger partial charge is 0.491 e. The molecule has 0 fully saturated rings. The molecule has 1 rings (SSSR count). The van der Waals surface area contributed by atoms with Gasteiger partial charge in [-0.3, -0.25) is 0 Å². The quantitative estimate of drug-likeness (QED) is 0.728. The molecule has 0 bridgehead atoms. The molecule has 0 atom stereocenters. The van der Waals surface area contributed by atoms with Crippen molar-refractivity contribution in [2.24, 2.45) is 0 Å². The monoisotopic (exact) mass is 227 g/mol. The fraction of sp³-hybridized carbons (Fsp3) is 0.286. The van der Waals surface area contributed by atoms with Gasteiger partial charge in [-0.2, -0.15) is 0 Å². The van der Waals surface area contributed by atoms with Crippen LogP contribution in [0.15, 0.2) is 12.3 Å². The molecule has 0 amide bonds. The van der Waals surface area contributed by atoms with E-state index in [1.165, 1.54) is 7.11 Å². The molecule has 0 saturated heterocycles. The maximum Gasteiger partial charge on any atom is 0.573 e. The summed E-state index contributed by atoms with van der Waals surface area (Å²) < 4.78 is 43.8. The maximum absolute atomic E-state index is 11.8. The van der Waals surface area contributed by atoms with E-state index < -0.39 is 12.1 Å². The third kappa shape index (κ3) is 2.95. The minimum Gasteiger partial charge on any atom is -0.491 e. The van der Waals surface area contributed by atoms with Crippen LogP contribution in [0.2, 0.25) is 5.15 Å². The van der Waals surface area contributed by atoms with Crippen molar-refractivity contribution in [3.05, 3.63) is 17.4 Å². The number of hydrogen-bond donors (Lipinski definition) is 0. The van der Waals surface area contributed by atoms with Gasteiger partial charge in [0.15, 0.2) is 11.5 Å². The average molecular weight is 228 g/mol. The van der Waals surface area contributed by atoms with Crippen LogP contribution in [0.3, 0.4) is 0 Å². The van der Waals surface area contributed by atoms with Gasteiger partial charge in [-0.25, -0.2) is 4.98 Å². The Morgan fingerprint density at radius 3 is 2.50 bits per heavy atom. The highest BCUT2D eigenvalue weighted by Gasteiger charge is 2.32. The molecule has 78 valence electrons. The Hall–Kier alpha value is -1.17. The van der Waals surface area contributed by atoms with Crippen molar-refractivity contribution < 1.29 is 22.6 Å². The Bertz CT molecular complexity index is 329. The molecule has 0 aliphatic rings. The fourth-order valence-corrected chi connectivity index (χ4v) is 0.906. The van der Waals surface area contributed by atoms with E-state index in [-0.39, 0.29) is 10.9 Å². The van der Waals surface area contributed by atoms with Crippen molar-refractivity contribution in [1.82, 2.24) is 4.98 Å². The van der Waals surface area contributed by atoms with Gasteiger partial charge in [0.2, 0.25) is 0 Å². The van der Waals surface area contributed by atoms with Gasteiger partial charge in [0, 0.05) is 6.07 Å². The van der Waals surface area contributed by atoms with Crippen LogP contribution in [0, 0.1) is 0 Å². The van der Waals surface area contributed by atoms with Gasteiger partial charge in [-0.1, -0.05) is 11.6 Å². The van der Waals surface area contributed by atoms with E-state index in [0.29, 0.717) is 0 Å². The van der Waals surface area contributed by atoms with Crippen LogP contribution in [0.5, 0.6) is 11.5 Å². The molecule has 14 heavy (non-hydrogen) atoms. The first-order valence-corrected chi connectivity index (χ1v) is 3.75. The van der Waals surface area contributed by atoms with Crippen molar-refractivity contribution in [3.8, 4) is 11.5 Å². The molecule has 0 aromatic carbocycles. The molecule has 3 nitrogen and oxygen atoms in total. The summed E-state index contributed by atoms with van der Waals surface area (Å²) in [6.45, 7) is 0. The lowest BCUT2D eigenvalue weighted by atomic mass is 10.4. The summed E-state index contributed by atoms with van der Waals surface area (Å²) in [4.78, 5) is 3.53. The summed E-state index contributed by atoms with van der Waals surface area (Å²) in [6.07, 6.45) is -3.73. The van der Waals surface area contributed by atoms with Crippen molar-refractivity contribution in [2.45, 2.75) is 6.36 Å². The number of nitrogens with zero attached hydrogens (tertiary/aromatic N) is 1. The predicted molar refractivity (Wildman–Crippen MR) is 42.5 cm³/mol. The Morgan fingerprint density at radius 2 is 2.00 bits per heavy atom. The largest absolute Gasteiger partial charge is 0.573 e. The van der Waals surface area contributed by atoms with Crippen molar-refractivity contribution in [3.63, 3.8) is 0 Å². The summed E-state index contributed by atoms with van der Waals surface area (Å²) in [5.74, 6) is -0.647. The average Bonchev–Trinajstić information content (AvgIpc) is 2.01. The molecule has 0 spiro atoms. The number of alkyl halides is 3. The Kier molecular flexibility index (Phi) is 3.05. The van der Waals surface area contributed by atoms with Gasteiger partial charge >= 0.3 is 6.36 Å². The second-order valence-electron chi connectivity index (χ2n) is 2.21. The first-order chi connectivity index (χ1) is 6.42. The van der Waals surface area contributed by atoms with Crippen LogP contribution >= 0.6 is 11.6 Å². The van der Waals surface area contributed by atoms with Gasteiger partial charge < -0.3 is 9.47 Å². The molecule has 0 aliphatic heterocycles. The summed E-state index contributed by atoms with van der Waals surface area (Å²) in [5.41, 5.74) is 0. The Morgan fingerprint density at radius 1 is 1.36 bits per heavy atom. The number of aromatic nitrogens is 1. The second kappa shape index (κ2) is 3.91. The van der Waals surface area contributed by atoms with E-state index in [4.69, 9.17) is 11.6 Å². The highest BCUT2D eigenvalue weighted by atomic mass is 35.5. The van der Waals surface area contributed by atoms with E-state index in [9.17, 15) is 13.2 Å². The molecule has 0 N–H and O–H groups in total. The molecular weight excluding hydrogens is 223 g/mol.